The molecule has 1 aliphatic carbocycles. The average Bonchev–Trinajstić information content (AvgIpc) is 3.17. The molecular formula is C25H23NO4. The lowest BCUT2D eigenvalue weighted by Gasteiger charge is -2.14. The Bertz CT molecular complexity index is 1060. The molecule has 0 saturated carbocycles. The van der Waals surface area contributed by atoms with Crippen molar-refractivity contribution in [2.45, 2.75) is 31.6 Å². The van der Waals surface area contributed by atoms with Crippen LogP contribution in [0, 0.1) is 0 Å². The predicted octanol–water partition coefficient (Wildman–Crippen LogP) is 5.86. The first-order valence-corrected chi connectivity index (χ1v) is 10.1. The molecule has 0 radical (unpaired) electrons. The summed E-state index contributed by atoms with van der Waals surface area (Å²) in [5.41, 5.74) is 4.70. The minimum Gasteiger partial charge on any atom is -0.481 e. The number of nitrogens with one attached hydrogen (secondary N) is 1. The standard InChI is InChI=1S/C25H23NO4/c27-24(28)16-14-18-13-15-21-19(18)10-6-12-23(21)30-25(29)26-22-11-5-4-9-20(22)17-7-2-1-3-8-17/h1-12,18H,13-16H2,(H,26,29)(H,27,28). The molecule has 1 atom stereocenters. The van der Waals surface area contributed by atoms with Crippen LogP contribution in [-0.2, 0) is 11.2 Å². The van der Waals surface area contributed by atoms with Gasteiger partial charge in [0, 0.05) is 12.0 Å². The Labute approximate surface area is 175 Å². The molecule has 0 spiro atoms. The van der Waals surface area contributed by atoms with Crippen molar-refractivity contribution in [3.8, 4) is 16.9 Å². The number of fused-ring (bicyclic) bond motifs is 1. The van der Waals surface area contributed by atoms with Crippen LogP contribution in [-0.4, -0.2) is 17.2 Å². The third-order valence-electron chi connectivity index (χ3n) is 5.51. The van der Waals surface area contributed by atoms with Gasteiger partial charge in [0.2, 0.25) is 0 Å². The Morgan fingerprint density at radius 2 is 1.73 bits per heavy atom. The first kappa shape index (κ1) is 19.7. The van der Waals surface area contributed by atoms with Crippen molar-refractivity contribution in [2.75, 3.05) is 5.32 Å². The van der Waals surface area contributed by atoms with Gasteiger partial charge in [-0.15, -0.1) is 0 Å². The van der Waals surface area contributed by atoms with Crippen LogP contribution in [0.15, 0.2) is 72.8 Å². The van der Waals surface area contributed by atoms with Crippen molar-refractivity contribution in [1.82, 2.24) is 0 Å². The van der Waals surface area contributed by atoms with Crippen LogP contribution in [0.25, 0.3) is 11.1 Å². The summed E-state index contributed by atoms with van der Waals surface area (Å²) in [5, 5.41) is 11.8. The van der Waals surface area contributed by atoms with Gasteiger partial charge in [0.1, 0.15) is 5.75 Å². The van der Waals surface area contributed by atoms with Crippen LogP contribution in [0.1, 0.15) is 36.3 Å². The SMILES string of the molecule is O=C(O)CCC1CCc2c(OC(=O)Nc3ccccc3-c3ccccc3)cccc21. The van der Waals surface area contributed by atoms with Gasteiger partial charge >= 0.3 is 12.1 Å². The molecule has 0 saturated heterocycles. The highest BCUT2D eigenvalue weighted by Crippen LogP contribution is 2.40. The molecule has 0 heterocycles. The second-order valence-electron chi connectivity index (χ2n) is 7.42. The number of para-hydroxylation sites is 1. The number of aliphatic carboxylic acids is 1. The van der Waals surface area contributed by atoms with Crippen LogP contribution in [0.4, 0.5) is 10.5 Å². The molecule has 0 aliphatic heterocycles. The Balaban J connectivity index is 1.50. The van der Waals surface area contributed by atoms with Crippen LogP contribution in [0.2, 0.25) is 0 Å². The summed E-state index contributed by atoms with van der Waals surface area (Å²) in [6, 6.07) is 23.1. The number of benzene rings is 3. The maximum Gasteiger partial charge on any atom is 0.417 e. The summed E-state index contributed by atoms with van der Waals surface area (Å²) in [6.45, 7) is 0. The maximum absolute atomic E-state index is 12.7. The molecule has 5 heteroatoms. The number of amides is 1. The Morgan fingerprint density at radius 1 is 0.967 bits per heavy atom. The van der Waals surface area contributed by atoms with Crippen molar-refractivity contribution < 1.29 is 19.4 Å². The Hall–Kier alpha value is -3.60. The van der Waals surface area contributed by atoms with Gasteiger partial charge < -0.3 is 9.84 Å². The van der Waals surface area contributed by atoms with Crippen molar-refractivity contribution in [1.29, 1.82) is 0 Å². The quantitative estimate of drug-likeness (QED) is 0.542. The number of carbonyl (C=O) groups excluding carboxylic acids is 1. The zero-order valence-corrected chi connectivity index (χ0v) is 16.5. The molecule has 2 N–H and O–H groups in total. The first-order valence-electron chi connectivity index (χ1n) is 10.1. The molecule has 1 amide bonds. The molecule has 30 heavy (non-hydrogen) atoms. The fourth-order valence-corrected chi connectivity index (χ4v) is 4.10. The van der Waals surface area contributed by atoms with Crippen molar-refractivity contribution in [2.24, 2.45) is 0 Å². The van der Waals surface area contributed by atoms with Crippen molar-refractivity contribution >= 4 is 17.7 Å². The van der Waals surface area contributed by atoms with Gasteiger partial charge in [-0.3, -0.25) is 10.1 Å². The molecule has 1 unspecified atom stereocenters. The number of rotatable bonds is 6. The number of carboxylic acids is 1. The first-order chi connectivity index (χ1) is 14.6. The second-order valence-corrected chi connectivity index (χ2v) is 7.42. The van der Waals surface area contributed by atoms with Gasteiger partial charge in [0.05, 0.1) is 5.69 Å². The van der Waals surface area contributed by atoms with Crippen LogP contribution >= 0.6 is 0 Å². The zero-order chi connectivity index (χ0) is 20.9. The van der Waals surface area contributed by atoms with E-state index in [0.29, 0.717) is 17.9 Å². The van der Waals surface area contributed by atoms with E-state index in [2.05, 4.69) is 5.32 Å². The van der Waals surface area contributed by atoms with Crippen molar-refractivity contribution in [3.05, 3.63) is 83.9 Å². The molecular weight excluding hydrogens is 378 g/mol. The van der Waals surface area contributed by atoms with Crippen molar-refractivity contribution in [3.63, 3.8) is 0 Å². The molecule has 5 nitrogen and oxygen atoms in total. The van der Waals surface area contributed by atoms with Crippen LogP contribution in [0.3, 0.4) is 0 Å². The fraction of sp³-hybridized carbons (Fsp3) is 0.200. The average molecular weight is 401 g/mol. The lowest BCUT2D eigenvalue weighted by molar-refractivity contribution is -0.137. The lowest BCUT2D eigenvalue weighted by Crippen LogP contribution is -2.18. The van der Waals surface area contributed by atoms with Gasteiger partial charge in [-0.25, -0.2) is 4.79 Å². The van der Waals surface area contributed by atoms with E-state index in [0.717, 1.165) is 35.1 Å². The summed E-state index contributed by atoms with van der Waals surface area (Å²) in [6.07, 6.45) is 1.86. The molecule has 3 aromatic carbocycles. The largest absolute Gasteiger partial charge is 0.481 e. The summed E-state index contributed by atoms with van der Waals surface area (Å²) >= 11 is 0. The van der Waals surface area contributed by atoms with E-state index in [1.54, 1.807) is 6.07 Å². The summed E-state index contributed by atoms with van der Waals surface area (Å²) in [7, 11) is 0. The van der Waals surface area contributed by atoms with E-state index in [1.807, 2.05) is 66.7 Å². The van der Waals surface area contributed by atoms with Gasteiger partial charge in [0.15, 0.2) is 0 Å². The highest BCUT2D eigenvalue weighted by Gasteiger charge is 2.26. The summed E-state index contributed by atoms with van der Waals surface area (Å²) < 4.78 is 5.66. The highest BCUT2D eigenvalue weighted by molar-refractivity contribution is 5.92. The molecule has 4 rings (SSSR count). The number of carbonyl (C=O) groups is 2. The van der Waals surface area contributed by atoms with E-state index in [9.17, 15) is 9.59 Å². The van der Waals surface area contributed by atoms with Gasteiger partial charge in [-0.2, -0.15) is 0 Å². The lowest BCUT2D eigenvalue weighted by atomic mass is 9.96. The minimum absolute atomic E-state index is 0.145. The minimum atomic E-state index is -0.785. The van der Waals surface area contributed by atoms with Crippen LogP contribution < -0.4 is 10.1 Å². The molecule has 0 bridgehead atoms. The number of hydrogen-bond acceptors (Lipinski definition) is 3. The second kappa shape index (κ2) is 8.82. The van der Waals surface area contributed by atoms with Gasteiger partial charge in [-0.1, -0.05) is 60.7 Å². The molecule has 3 aromatic rings. The number of hydrogen-bond donors (Lipinski definition) is 2. The van der Waals surface area contributed by atoms with E-state index < -0.39 is 12.1 Å². The number of ether oxygens (including phenoxy) is 1. The highest BCUT2D eigenvalue weighted by atomic mass is 16.6. The van der Waals surface area contributed by atoms with Gasteiger partial charge in [0.25, 0.3) is 0 Å². The maximum atomic E-state index is 12.7. The molecule has 0 fully saturated rings. The van der Waals surface area contributed by atoms with E-state index in [4.69, 9.17) is 9.84 Å². The van der Waals surface area contributed by atoms with E-state index >= 15 is 0 Å². The molecule has 1 aliphatic rings. The smallest absolute Gasteiger partial charge is 0.417 e. The fourth-order valence-electron chi connectivity index (χ4n) is 4.10. The zero-order valence-electron chi connectivity index (χ0n) is 16.5. The summed E-state index contributed by atoms with van der Waals surface area (Å²) in [5.74, 6) is -0.0474. The van der Waals surface area contributed by atoms with Crippen LogP contribution in [0.5, 0.6) is 5.75 Å². The number of carboxylic acid groups (broad SMARTS) is 1. The predicted molar refractivity (Wildman–Crippen MR) is 116 cm³/mol. The Kier molecular flexibility index (Phi) is 5.80. The van der Waals surface area contributed by atoms with E-state index in [-0.39, 0.29) is 12.3 Å². The third kappa shape index (κ3) is 4.35. The summed E-state index contributed by atoms with van der Waals surface area (Å²) in [4.78, 5) is 23.6. The Morgan fingerprint density at radius 3 is 2.53 bits per heavy atom. The van der Waals surface area contributed by atoms with E-state index in [1.165, 1.54) is 0 Å². The number of anilines is 1. The molecule has 152 valence electrons. The normalized spacial score (nSPS) is 14.7. The third-order valence-corrected chi connectivity index (χ3v) is 5.51. The monoisotopic (exact) mass is 401 g/mol. The van der Waals surface area contributed by atoms with Gasteiger partial charge in [-0.05, 0) is 54.0 Å². The topological polar surface area (TPSA) is 75.6 Å². The molecule has 0 aromatic heterocycles.